The lowest BCUT2D eigenvalue weighted by Crippen LogP contribution is -2.23. The molecule has 1 amide bonds. The Balaban J connectivity index is 1.63. The molecule has 0 aliphatic carbocycles. The Bertz CT molecular complexity index is 1000. The minimum atomic E-state index is -0.0561. The van der Waals surface area contributed by atoms with Crippen LogP contribution in [-0.2, 0) is 11.2 Å². The average molecular weight is 441 g/mol. The van der Waals surface area contributed by atoms with Crippen molar-refractivity contribution in [1.82, 2.24) is 10.3 Å². The van der Waals surface area contributed by atoms with Gasteiger partial charge in [0.2, 0.25) is 11.0 Å². The van der Waals surface area contributed by atoms with Gasteiger partial charge in [-0.1, -0.05) is 26.0 Å². The highest BCUT2D eigenvalue weighted by atomic mass is 32.1. The van der Waals surface area contributed by atoms with Crippen molar-refractivity contribution >= 4 is 17.2 Å². The second kappa shape index (κ2) is 10.8. The van der Waals surface area contributed by atoms with E-state index in [0.717, 1.165) is 35.5 Å². The number of benzene rings is 2. The summed E-state index contributed by atoms with van der Waals surface area (Å²) in [7, 11) is 0. The molecule has 1 N–H and O–H groups in total. The van der Waals surface area contributed by atoms with Gasteiger partial charge in [0.1, 0.15) is 17.2 Å². The summed E-state index contributed by atoms with van der Waals surface area (Å²) in [4.78, 5) is 15.5. The van der Waals surface area contributed by atoms with E-state index >= 15 is 0 Å². The van der Waals surface area contributed by atoms with Gasteiger partial charge in [-0.3, -0.25) is 4.79 Å². The normalized spacial score (nSPS) is 11.6. The van der Waals surface area contributed by atoms with E-state index in [1.807, 2.05) is 49.4 Å². The van der Waals surface area contributed by atoms with Crippen LogP contribution in [0.25, 0.3) is 0 Å². The monoisotopic (exact) mass is 440 g/mol. The molecule has 3 aromatic rings. The van der Waals surface area contributed by atoms with Crippen molar-refractivity contribution in [2.45, 2.75) is 46.6 Å². The number of carbonyl (C=O) groups excluding carboxylic acids is 1. The molecule has 3 rings (SSSR count). The average Bonchev–Trinajstić information content (AvgIpc) is 3.19. The van der Waals surface area contributed by atoms with Gasteiger partial charge < -0.3 is 19.5 Å². The summed E-state index contributed by atoms with van der Waals surface area (Å²) in [6.07, 6.45) is 3.45. The molecule has 1 unspecified atom stereocenters. The van der Waals surface area contributed by atoms with Gasteiger partial charge in [-0.05, 0) is 72.6 Å². The van der Waals surface area contributed by atoms with Crippen LogP contribution in [0, 0.1) is 0 Å². The quantitative estimate of drug-likeness (QED) is 0.402. The summed E-state index contributed by atoms with van der Waals surface area (Å²) in [5.41, 5.74) is 2.07. The number of thiazole rings is 1. The molecule has 1 aromatic heterocycles. The van der Waals surface area contributed by atoms with E-state index in [2.05, 4.69) is 24.1 Å². The Morgan fingerprint density at radius 2 is 1.84 bits per heavy atom. The van der Waals surface area contributed by atoms with Crippen molar-refractivity contribution in [2.75, 3.05) is 6.61 Å². The summed E-state index contributed by atoms with van der Waals surface area (Å²) >= 11 is 1.33. The van der Waals surface area contributed by atoms with Gasteiger partial charge in [-0.2, -0.15) is 0 Å². The molecule has 0 saturated heterocycles. The van der Waals surface area contributed by atoms with E-state index in [-0.39, 0.29) is 11.9 Å². The fraction of sp³-hybridized carbons (Fsp3) is 0.333. The van der Waals surface area contributed by atoms with Crippen molar-refractivity contribution < 1.29 is 19.0 Å². The highest BCUT2D eigenvalue weighted by Gasteiger charge is 2.11. The maximum Gasteiger partial charge on any atom is 0.282 e. The van der Waals surface area contributed by atoms with Gasteiger partial charge in [0.05, 0.1) is 18.8 Å². The van der Waals surface area contributed by atoms with Crippen molar-refractivity contribution in [2.24, 2.45) is 0 Å². The molecular formula is C24H28N2O4S. The minimum Gasteiger partial charge on any atom is -0.494 e. The highest BCUT2D eigenvalue weighted by Crippen LogP contribution is 2.36. The first-order valence-electron chi connectivity index (χ1n) is 10.4. The first-order valence-corrected chi connectivity index (χ1v) is 11.2. The third-order valence-electron chi connectivity index (χ3n) is 4.56. The Labute approximate surface area is 187 Å². The van der Waals surface area contributed by atoms with E-state index < -0.39 is 0 Å². The molecule has 6 nitrogen and oxygen atoms in total. The van der Waals surface area contributed by atoms with Gasteiger partial charge in [0.15, 0.2) is 0 Å². The lowest BCUT2D eigenvalue weighted by molar-refractivity contribution is -0.119. The SMILES string of the molecule is CCCOc1ccc(Oc2ncc(Oc3ccc(C(C)NC(C)=O)cc3)s2)c(CC)c1. The van der Waals surface area contributed by atoms with Gasteiger partial charge in [-0.15, -0.1) is 0 Å². The molecule has 7 heteroatoms. The van der Waals surface area contributed by atoms with Crippen LogP contribution in [0.15, 0.2) is 48.7 Å². The van der Waals surface area contributed by atoms with Crippen LogP contribution in [-0.4, -0.2) is 17.5 Å². The fourth-order valence-electron chi connectivity index (χ4n) is 3.00. The molecule has 0 bridgehead atoms. The molecule has 0 fully saturated rings. The van der Waals surface area contributed by atoms with Crippen molar-refractivity contribution in [3.8, 4) is 27.5 Å². The smallest absolute Gasteiger partial charge is 0.282 e. The maximum absolute atomic E-state index is 11.2. The van der Waals surface area contributed by atoms with Gasteiger partial charge in [0.25, 0.3) is 5.19 Å². The lowest BCUT2D eigenvalue weighted by atomic mass is 10.1. The first-order chi connectivity index (χ1) is 15.0. The van der Waals surface area contributed by atoms with Crippen LogP contribution in [0.1, 0.15) is 51.3 Å². The molecule has 31 heavy (non-hydrogen) atoms. The number of rotatable bonds is 10. The van der Waals surface area contributed by atoms with E-state index in [1.165, 1.54) is 18.3 Å². The van der Waals surface area contributed by atoms with E-state index in [4.69, 9.17) is 14.2 Å². The summed E-state index contributed by atoms with van der Waals surface area (Å²) in [6, 6.07) is 13.4. The van der Waals surface area contributed by atoms with Crippen LogP contribution in [0.2, 0.25) is 0 Å². The molecule has 0 radical (unpaired) electrons. The van der Waals surface area contributed by atoms with Crippen molar-refractivity contribution in [1.29, 1.82) is 0 Å². The molecule has 2 aromatic carbocycles. The van der Waals surface area contributed by atoms with E-state index in [1.54, 1.807) is 6.20 Å². The Morgan fingerprint density at radius 1 is 1.10 bits per heavy atom. The van der Waals surface area contributed by atoms with Gasteiger partial charge in [0, 0.05) is 6.92 Å². The molecule has 1 heterocycles. The number of carbonyl (C=O) groups is 1. The molecule has 0 aliphatic rings. The maximum atomic E-state index is 11.2. The van der Waals surface area contributed by atoms with Crippen LogP contribution < -0.4 is 19.5 Å². The van der Waals surface area contributed by atoms with Crippen molar-refractivity contribution in [3.05, 3.63) is 59.8 Å². The fourth-order valence-corrected chi connectivity index (χ4v) is 3.66. The summed E-state index contributed by atoms with van der Waals surface area (Å²) < 4.78 is 17.6. The van der Waals surface area contributed by atoms with E-state index in [9.17, 15) is 4.79 Å². The second-order valence-electron chi connectivity index (χ2n) is 7.11. The summed E-state index contributed by atoms with van der Waals surface area (Å²) in [5.74, 6) is 2.26. The van der Waals surface area contributed by atoms with Gasteiger partial charge in [-0.25, -0.2) is 4.98 Å². The third kappa shape index (κ3) is 6.46. The summed E-state index contributed by atoms with van der Waals surface area (Å²) in [6.45, 7) is 8.32. The Hall–Kier alpha value is -3.06. The highest BCUT2D eigenvalue weighted by molar-refractivity contribution is 7.15. The lowest BCUT2D eigenvalue weighted by Gasteiger charge is -2.13. The number of ether oxygens (including phenoxy) is 3. The standard InChI is InChI=1S/C24H28N2O4S/c1-5-13-28-21-11-12-22(18(6-2)14-21)30-24-25-15-23(31-24)29-20-9-7-19(8-10-20)16(3)26-17(4)27/h7-12,14-16H,5-6,13H2,1-4H3,(H,26,27). The molecule has 1 atom stereocenters. The molecule has 164 valence electrons. The number of nitrogens with one attached hydrogen (secondary N) is 1. The number of nitrogens with zero attached hydrogens (tertiary/aromatic N) is 1. The van der Waals surface area contributed by atoms with Gasteiger partial charge >= 0.3 is 0 Å². The zero-order valence-electron chi connectivity index (χ0n) is 18.3. The second-order valence-corrected chi connectivity index (χ2v) is 8.07. The number of hydrogen-bond donors (Lipinski definition) is 1. The van der Waals surface area contributed by atoms with Crippen LogP contribution in [0.5, 0.6) is 27.5 Å². The van der Waals surface area contributed by atoms with Crippen LogP contribution in [0.4, 0.5) is 0 Å². The number of amides is 1. The Kier molecular flexibility index (Phi) is 7.89. The molecule has 0 aliphatic heterocycles. The number of hydrogen-bond acceptors (Lipinski definition) is 6. The topological polar surface area (TPSA) is 69.7 Å². The molecular weight excluding hydrogens is 412 g/mol. The summed E-state index contributed by atoms with van der Waals surface area (Å²) in [5, 5.41) is 4.02. The third-order valence-corrected chi connectivity index (χ3v) is 5.32. The van der Waals surface area contributed by atoms with Crippen molar-refractivity contribution in [3.63, 3.8) is 0 Å². The predicted molar refractivity (Wildman–Crippen MR) is 123 cm³/mol. The minimum absolute atomic E-state index is 0.0542. The number of aromatic nitrogens is 1. The predicted octanol–water partition coefficient (Wildman–Crippen LogP) is 6.28. The first kappa shape index (κ1) is 22.6. The molecule has 0 saturated carbocycles. The van der Waals surface area contributed by atoms with Crippen LogP contribution in [0.3, 0.4) is 0 Å². The number of aryl methyl sites for hydroxylation is 1. The Morgan fingerprint density at radius 3 is 2.52 bits per heavy atom. The molecule has 0 spiro atoms. The van der Waals surface area contributed by atoms with E-state index in [0.29, 0.717) is 22.6 Å². The zero-order valence-corrected chi connectivity index (χ0v) is 19.1. The van der Waals surface area contributed by atoms with Crippen LogP contribution >= 0.6 is 11.3 Å². The largest absolute Gasteiger partial charge is 0.494 e. The zero-order chi connectivity index (χ0) is 22.2.